The summed E-state index contributed by atoms with van der Waals surface area (Å²) in [4.78, 5) is 7.26. The molecule has 1 aromatic heterocycles. The summed E-state index contributed by atoms with van der Waals surface area (Å²) >= 11 is 0. The summed E-state index contributed by atoms with van der Waals surface area (Å²) < 4.78 is 37.3. The molecule has 0 bridgehead atoms. The molecular formula is C12H16F3N3. The Balaban J connectivity index is 1.85. The zero-order chi connectivity index (χ0) is 13.0. The minimum Gasteiger partial charge on any atom is -0.354 e. The van der Waals surface area contributed by atoms with Gasteiger partial charge in [-0.2, -0.15) is 13.2 Å². The van der Waals surface area contributed by atoms with Crippen molar-refractivity contribution in [2.75, 3.05) is 11.9 Å². The molecule has 0 radical (unpaired) electrons. The molecule has 1 aliphatic carbocycles. The quantitative estimate of drug-likeness (QED) is 0.899. The standard InChI is InChI=1S/C12H16F3N3/c13-12(14,15)10-6-8-17-11(18-10)16-7-5-9-3-1-2-4-9/h6,8-9H,1-5,7H2,(H,16,17,18). The van der Waals surface area contributed by atoms with E-state index in [2.05, 4.69) is 15.3 Å². The van der Waals surface area contributed by atoms with Gasteiger partial charge in [0.05, 0.1) is 0 Å². The van der Waals surface area contributed by atoms with Gasteiger partial charge in [0, 0.05) is 12.7 Å². The second kappa shape index (κ2) is 5.54. The number of nitrogens with one attached hydrogen (secondary N) is 1. The Morgan fingerprint density at radius 3 is 2.67 bits per heavy atom. The fourth-order valence-electron chi connectivity index (χ4n) is 2.29. The van der Waals surface area contributed by atoms with E-state index < -0.39 is 11.9 Å². The third-order valence-electron chi connectivity index (χ3n) is 3.26. The van der Waals surface area contributed by atoms with Crippen molar-refractivity contribution in [1.82, 2.24) is 9.97 Å². The number of anilines is 1. The molecule has 0 aromatic carbocycles. The van der Waals surface area contributed by atoms with Gasteiger partial charge in [-0.25, -0.2) is 9.97 Å². The molecule has 1 saturated carbocycles. The van der Waals surface area contributed by atoms with Crippen LogP contribution in [0, 0.1) is 5.92 Å². The molecule has 0 atom stereocenters. The highest BCUT2D eigenvalue weighted by Crippen LogP contribution is 2.28. The molecule has 6 heteroatoms. The van der Waals surface area contributed by atoms with Crippen LogP contribution < -0.4 is 5.32 Å². The average Bonchev–Trinajstić information content (AvgIpc) is 2.81. The smallest absolute Gasteiger partial charge is 0.354 e. The molecule has 18 heavy (non-hydrogen) atoms. The second-order valence-electron chi connectivity index (χ2n) is 4.63. The average molecular weight is 259 g/mol. The highest BCUT2D eigenvalue weighted by atomic mass is 19.4. The largest absolute Gasteiger partial charge is 0.433 e. The predicted molar refractivity (Wildman–Crippen MR) is 62.1 cm³/mol. The van der Waals surface area contributed by atoms with Crippen LogP contribution in [0.15, 0.2) is 12.3 Å². The summed E-state index contributed by atoms with van der Waals surface area (Å²) in [6, 6.07) is 0.877. The molecule has 1 N–H and O–H groups in total. The van der Waals surface area contributed by atoms with Crippen LogP contribution in [-0.4, -0.2) is 16.5 Å². The van der Waals surface area contributed by atoms with E-state index in [1.54, 1.807) is 0 Å². The maximum Gasteiger partial charge on any atom is 0.433 e. The van der Waals surface area contributed by atoms with Crippen molar-refractivity contribution >= 4 is 5.95 Å². The zero-order valence-electron chi connectivity index (χ0n) is 10.0. The molecule has 0 saturated heterocycles. The summed E-state index contributed by atoms with van der Waals surface area (Å²) in [7, 11) is 0. The van der Waals surface area contributed by atoms with E-state index >= 15 is 0 Å². The normalized spacial score (nSPS) is 17.1. The van der Waals surface area contributed by atoms with Crippen molar-refractivity contribution in [3.8, 4) is 0 Å². The van der Waals surface area contributed by atoms with Gasteiger partial charge in [0.15, 0.2) is 0 Å². The van der Waals surface area contributed by atoms with Gasteiger partial charge < -0.3 is 5.32 Å². The highest BCUT2D eigenvalue weighted by molar-refractivity contribution is 5.25. The first kappa shape index (κ1) is 13.1. The Bertz CT molecular complexity index is 386. The summed E-state index contributed by atoms with van der Waals surface area (Å²) in [5, 5.41) is 2.86. The molecule has 0 aliphatic heterocycles. The number of nitrogens with zero attached hydrogens (tertiary/aromatic N) is 2. The third kappa shape index (κ3) is 3.58. The maximum absolute atomic E-state index is 12.4. The lowest BCUT2D eigenvalue weighted by molar-refractivity contribution is -0.141. The Morgan fingerprint density at radius 1 is 1.28 bits per heavy atom. The maximum atomic E-state index is 12.4. The number of aromatic nitrogens is 2. The summed E-state index contributed by atoms with van der Waals surface area (Å²) in [6.45, 7) is 0.631. The van der Waals surface area contributed by atoms with Crippen molar-refractivity contribution in [3.05, 3.63) is 18.0 Å². The van der Waals surface area contributed by atoms with Crippen molar-refractivity contribution in [3.63, 3.8) is 0 Å². The molecule has 0 amide bonds. The van der Waals surface area contributed by atoms with Crippen LogP contribution in [0.3, 0.4) is 0 Å². The van der Waals surface area contributed by atoms with Gasteiger partial charge in [-0.15, -0.1) is 0 Å². The van der Waals surface area contributed by atoms with E-state index in [1.165, 1.54) is 25.7 Å². The van der Waals surface area contributed by atoms with Crippen molar-refractivity contribution < 1.29 is 13.2 Å². The lowest BCUT2D eigenvalue weighted by Gasteiger charge is -2.11. The van der Waals surface area contributed by atoms with Crippen LogP contribution in [0.5, 0.6) is 0 Å². The van der Waals surface area contributed by atoms with Crippen LogP contribution in [0.4, 0.5) is 19.1 Å². The fourth-order valence-corrected chi connectivity index (χ4v) is 2.29. The fraction of sp³-hybridized carbons (Fsp3) is 0.667. The van der Waals surface area contributed by atoms with E-state index in [1.807, 2.05) is 0 Å². The van der Waals surface area contributed by atoms with Gasteiger partial charge in [0.1, 0.15) is 5.69 Å². The molecule has 1 heterocycles. The lowest BCUT2D eigenvalue weighted by Crippen LogP contribution is -2.13. The van der Waals surface area contributed by atoms with Crippen molar-refractivity contribution in [2.45, 2.75) is 38.3 Å². The van der Waals surface area contributed by atoms with Gasteiger partial charge in [-0.05, 0) is 18.4 Å². The number of hydrogen-bond acceptors (Lipinski definition) is 3. The number of alkyl halides is 3. The van der Waals surface area contributed by atoms with Crippen LogP contribution in [0.25, 0.3) is 0 Å². The molecule has 0 unspecified atom stereocenters. The molecule has 100 valence electrons. The van der Waals surface area contributed by atoms with Crippen molar-refractivity contribution in [1.29, 1.82) is 0 Å². The minimum atomic E-state index is -4.41. The van der Waals surface area contributed by atoms with E-state index in [0.717, 1.165) is 18.7 Å². The first-order chi connectivity index (χ1) is 8.55. The molecule has 3 nitrogen and oxygen atoms in total. The monoisotopic (exact) mass is 259 g/mol. The second-order valence-corrected chi connectivity index (χ2v) is 4.63. The highest BCUT2D eigenvalue weighted by Gasteiger charge is 2.32. The molecule has 1 aromatic rings. The van der Waals surface area contributed by atoms with Crippen LogP contribution in [0.1, 0.15) is 37.8 Å². The van der Waals surface area contributed by atoms with E-state index in [-0.39, 0.29) is 5.95 Å². The van der Waals surface area contributed by atoms with Crippen molar-refractivity contribution in [2.24, 2.45) is 5.92 Å². The van der Waals surface area contributed by atoms with Crippen LogP contribution >= 0.6 is 0 Å². The van der Waals surface area contributed by atoms with Gasteiger partial charge in [0.2, 0.25) is 5.95 Å². The van der Waals surface area contributed by atoms with Gasteiger partial charge in [-0.1, -0.05) is 25.7 Å². The summed E-state index contributed by atoms with van der Waals surface area (Å²) in [5.74, 6) is 0.756. The summed E-state index contributed by atoms with van der Waals surface area (Å²) in [6.07, 6.45) is 2.68. The van der Waals surface area contributed by atoms with Crippen LogP contribution in [-0.2, 0) is 6.18 Å². The summed E-state index contributed by atoms with van der Waals surface area (Å²) in [5.41, 5.74) is -0.902. The number of rotatable bonds is 4. The molecule has 1 aliphatic rings. The Labute approximate surface area is 104 Å². The SMILES string of the molecule is FC(F)(F)c1ccnc(NCCC2CCCC2)n1. The van der Waals surface area contributed by atoms with Crippen LogP contribution in [0.2, 0.25) is 0 Å². The van der Waals surface area contributed by atoms with E-state index in [4.69, 9.17) is 0 Å². The van der Waals surface area contributed by atoms with Gasteiger partial charge in [-0.3, -0.25) is 0 Å². The predicted octanol–water partition coefficient (Wildman–Crippen LogP) is 3.49. The first-order valence-electron chi connectivity index (χ1n) is 6.20. The van der Waals surface area contributed by atoms with Gasteiger partial charge in [0.25, 0.3) is 0 Å². The molecule has 0 spiro atoms. The lowest BCUT2D eigenvalue weighted by atomic mass is 10.0. The molecular weight excluding hydrogens is 243 g/mol. The number of halogens is 3. The van der Waals surface area contributed by atoms with Gasteiger partial charge >= 0.3 is 6.18 Å². The minimum absolute atomic E-state index is 0.0582. The third-order valence-corrected chi connectivity index (χ3v) is 3.26. The molecule has 2 rings (SSSR count). The Hall–Kier alpha value is -1.33. The topological polar surface area (TPSA) is 37.8 Å². The van der Waals surface area contributed by atoms with E-state index in [0.29, 0.717) is 12.5 Å². The Kier molecular flexibility index (Phi) is 4.04. The van der Waals surface area contributed by atoms with E-state index in [9.17, 15) is 13.2 Å². The Morgan fingerprint density at radius 2 is 2.00 bits per heavy atom. The first-order valence-corrected chi connectivity index (χ1v) is 6.20. The zero-order valence-corrected chi connectivity index (χ0v) is 10.0. The molecule has 1 fully saturated rings. The number of hydrogen-bond donors (Lipinski definition) is 1.